The summed E-state index contributed by atoms with van der Waals surface area (Å²) >= 11 is 0. The molecule has 0 heterocycles. The molecule has 0 aromatic rings. The van der Waals surface area contributed by atoms with Crippen molar-refractivity contribution < 1.29 is 31.3 Å². The van der Waals surface area contributed by atoms with E-state index >= 15 is 0 Å². The zero-order chi connectivity index (χ0) is 11.4. The van der Waals surface area contributed by atoms with E-state index in [9.17, 15) is 22.0 Å². The molecule has 0 amide bonds. The Balaban J connectivity index is 4.61. The highest BCUT2D eigenvalue weighted by atomic mass is 19.4. The first-order chi connectivity index (χ1) is 6.27. The molecule has 0 aromatic carbocycles. The van der Waals surface area contributed by atoms with Gasteiger partial charge < -0.3 is 9.31 Å². The lowest BCUT2D eigenvalue weighted by Gasteiger charge is -2.24. The third-order valence-electron chi connectivity index (χ3n) is 1.31. The fraction of sp³-hybridized carbons (Fsp3) is 1.00. The van der Waals surface area contributed by atoms with Crippen LogP contribution in [0.5, 0.6) is 0 Å². The Bertz CT molecular complexity index is 166. The van der Waals surface area contributed by atoms with E-state index in [1.807, 2.05) is 0 Å². The average Bonchev–Trinajstić information content (AvgIpc) is 2.02. The SMILES string of the molecule is CCOB(OCC)C(F)(F)C(F)(F)F. The molecule has 0 rings (SSSR count). The first-order valence-electron chi connectivity index (χ1n) is 3.95. The van der Waals surface area contributed by atoms with Gasteiger partial charge in [-0.05, 0) is 13.8 Å². The van der Waals surface area contributed by atoms with Gasteiger partial charge in [-0.2, -0.15) is 22.0 Å². The van der Waals surface area contributed by atoms with Crippen molar-refractivity contribution in [2.45, 2.75) is 25.8 Å². The van der Waals surface area contributed by atoms with Gasteiger partial charge in [-0.15, -0.1) is 0 Å². The highest BCUT2D eigenvalue weighted by molar-refractivity contribution is 6.47. The monoisotopic (exact) mass is 220 g/mol. The Morgan fingerprint density at radius 2 is 1.29 bits per heavy atom. The second kappa shape index (κ2) is 4.93. The van der Waals surface area contributed by atoms with E-state index in [-0.39, 0.29) is 13.2 Å². The molecule has 0 unspecified atom stereocenters. The summed E-state index contributed by atoms with van der Waals surface area (Å²) < 4.78 is 69.0. The topological polar surface area (TPSA) is 18.5 Å². The molecule has 0 aliphatic carbocycles. The predicted octanol–water partition coefficient (Wildman–Crippen LogP) is 2.28. The van der Waals surface area contributed by atoms with Crippen LogP contribution in [0.4, 0.5) is 22.0 Å². The van der Waals surface area contributed by atoms with Gasteiger partial charge in [0, 0.05) is 13.2 Å². The fourth-order valence-corrected chi connectivity index (χ4v) is 0.694. The zero-order valence-corrected chi connectivity index (χ0v) is 7.70. The second-order valence-corrected chi connectivity index (χ2v) is 2.36. The van der Waals surface area contributed by atoms with E-state index in [0.717, 1.165) is 0 Å². The van der Waals surface area contributed by atoms with Crippen molar-refractivity contribution in [2.24, 2.45) is 0 Å². The van der Waals surface area contributed by atoms with Gasteiger partial charge >= 0.3 is 19.1 Å². The largest absolute Gasteiger partial charge is 0.545 e. The molecule has 0 spiro atoms. The van der Waals surface area contributed by atoms with E-state index in [4.69, 9.17) is 0 Å². The van der Waals surface area contributed by atoms with Crippen molar-refractivity contribution in [3.05, 3.63) is 0 Å². The fourth-order valence-electron chi connectivity index (χ4n) is 0.694. The maximum atomic E-state index is 12.6. The Hall–Kier alpha value is -0.365. The van der Waals surface area contributed by atoms with E-state index in [0.29, 0.717) is 0 Å². The predicted molar refractivity (Wildman–Crippen MR) is 40.0 cm³/mol. The molecule has 0 radical (unpaired) electrons. The van der Waals surface area contributed by atoms with Gasteiger partial charge in [-0.3, -0.25) is 0 Å². The van der Waals surface area contributed by atoms with Crippen LogP contribution >= 0.6 is 0 Å². The van der Waals surface area contributed by atoms with Crippen LogP contribution in [0.2, 0.25) is 0 Å². The summed E-state index contributed by atoms with van der Waals surface area (Å²) in [7, 11) is -2.57. The van der Waals surface area contributed by atoms with Crippen LogP contribution in [-0.2, 0) is 9.31 Å². The molecule has 84 valence electrons. The maximum Gasteiger partial charge on any atom is 0.545 e. The van der Waals surface area contributed by atoms with Crippen LogP contribution in [0, 0.1) is 0 Å². The molecule has 14 heavy (non-hydrogen) atoms. The van der Waals surface area contributed by atoms with Gasteiger partial charge in [0.25, 0.3) is 0 Å². The molecule has 0 atom stereocenters. The lowest BCUT2D eigenvalue weighted by Crippen LogP contribution is -2.53. The summed E-state index contributed by atoms with van der Waals surface area (Å²) in [6.07, 6.45) is -5.66. The van der Waals surface area contributed by atoms with Gasteiger partial charge in [0.2, 0.25) is 0 Å². The number of rotatable bonds is 5. The zero-order valence-electron chi connectivity index (χ0n) is 7.70. The Labute approximate surface area is 78.5 Å². The molecule has 0 fully saturated rings. The molecule has 0 aliphatic rings. The van der Waals surface area contributed by atoms with Crippen LogP contribution in [-0.4, -0.2) is 32.3 Å². The molecular formula is C6H10BF5O2. The summed E-state index contributed by atoms with van der Waals surface area (Å²) in [6.45, 7) is 2.05. The Morgan fingerprint density at radius 1 is 0.929 bits per heavy atom. The van der Waals surface area contributed by atoms with Crippen LogP contribution in [0.25, 0.3) is 0 Å². The molecular weight excluding hydrogens is 210 g/mol. The van der Waals surface area contributed by atoms with Crippen molar-refractivity contribution in [1.82, 2.24) is 0 Å². The third-order valence-corrected chi connectivity index (χ3v) is 1.31. The Morgan fingerprint density at radius 3 is 1.50 bits per heavy atom. The normalized spacial score (nSPS) is 13.1. The molecule has 0 saturated carbocycles. The summed E-state index contributed by atoms with van der Waals surface area (Å²) in [5, 5.41) is 0. The number of halogens is 5. The molecule has 8 heteroatoms. The van der Waals surface area contributed by atoms with Gasteiger partial charge in [0.05, 0.1) is 0 Å². The highest BCUT2D eigenvalue weighted by Crippen LogP contribution is 2.37. The Kier molecular flexibility index (Phi) is 4.80. The van der Waals surface area contributed by atoms with Gasteiger partial charge in [-0.1, -0.05) is 0 Å². The molecule has 0 bridgehead atoms. The smallest absolute Gasteiger partial charge is 0.407 e. The summed E-state index contributed by atoms with van der Waals surface area (Å²) in [5.74, 6) is -4.99. The quantitative estimate of drug-likeness (QED) is 0.522. The minimum absolute atomic E-state index is 0.281. The van der Waals surface area contributed by atoms with Crippen LogP contribution in [0.15, 0.2) is 0 Å². The number of hydrogen-bond donors (Lipinski definition) is 0. The molecule has 0 aliphatic heterocycles. The van der Waals surface area contributed by atoms with E-state index in [2.05, 4.69) is 9.31 Å². The summed E-state index contributed by atoms with van der Waals surface area (Å²) in [6, 6.07) is 0. The lowest BCUT2D eigenvalue weighted by molar-refractivity contribution is -0.255. The number of alkyl halides is 5. The van der Waals surface area contributed by atoms with Crippen molar-refractivity contribution in [3.63, 3.8) is 0 Å². The standard InChI is InChI=1S/C6H10BF5O2/c1-3-13-7(14-4-2)5(8,9)6(10,11)12/h3-4H2,1-2H3. The maximum absolute atomic E-state index is 12.6. The van der Waals surface area contributed by atoms with Gasteiger partial charge in [-0.25, -0.2) is 0 Å². The summed E-state index contributed by atoms with van der Waals surface area (Å²) in [5.41, 5.74) is 0. The first kappa shape index (κ1) is 13.6. The molecule has 0 aromatic heterocycles. The van der Waals surface area contributed by atoms with Crippen LogP contribution in [0.3, 0.4) is 0 Å². The lowest BCUT2D eigenvalue weighted by atomic mass is 9.79. The van der Waals surface area contributed by atoms with Crippen molar-refractivity contribution in [1.29, 1.82) is 0 Å². The molecule has 2 nitrogen and oxygen atoms in total. The highest BCUT2D eigenvalue weighted by Gasteiger charge is 2.67. The van der Waals surface area contributed by atoms with Crippen molar-refractivity contribution in [2.75, 3.05) is 13.2 Å². The number of hydrogen-bond acceptors (Lipinski definition) is 2. The van der Waals surface area contributed by atoms with Gasteiger partial charge in [0.15, 0.2) is 0 Å². The van der Waals surface area contributed by atoms with Crippen molar-refractivity contribution >= 4 is 7.12 Å². The molecule has 0 saturated heterocycles. The van der Waals surface area contributed by atoms with E-state index in [1.54, 1.807) is 0 Å². The second-order valence-electron chi connectivity index (χ2n) is 2.36. The molecule has 0 N–H and O–H groups in total. The van der Waals surface area contributed by atoms with E-state index in [1.165, 1.54) is 13.8 Å². The summed E-state index contributed by atoms with van der Waals surface area (Å²) in [4.78, 5) is 0. The average molecular weight is 220 g/mol. The van der Waals surface area contributed by atoms with Crippen LogP contribution in [0.1, 0.15) is 13.8 Å². The van der Waals surface area contributed by atoms with E-state index < -0.39 is 19.1 Å². The minimum Gasteiger partial charge on any atom is -0.407 e. The first-order valence-corrected chi connectivity index (χ1v) is 3.95. The minimum atomic E-state index is -5.66. The van der Waals surface area contributed by atoms with Crippen molar-refractivity contribution in [3.8, 4) is 0 Å². The van der Waals surface area contributed by atoms with Crippen LogP contribution < -0.4 is 0 Å². The third kappa shape index (κ3) is 3.09. The van der Waals surface area contributed by atoms with Gasteiger partial charge in [0.1, 0.15) is 0 Å².